The van der Waals surface area contributed by atoms with Crippen molar-refractivity contribution in [2.45, 2.75) is 32.9 Å². The molecule has 0 fully saturated rings. The maximum Gasteiger partial charge on any atom is 0.319 e. The van der Waals surface area contributed by atoms with Gasteiger partial charge in [-0.15, -0.1) is 0 Å². The second-order valence-corrected chi connectivity index (χ2v) is 5.40. The van der Waals surface area contributed by atoms with Crippen molar-refractivity contribution in [3.63, 3.8) is 0 Å². The number of halogens is 1. The third-order valence-corrected chi connectivity index (χ3v) is 3.03. The number of aryl methyl sites for hydroxylation is 1. The van der Waals surface area contributed by atoms with E-state index in [-0.39, 0.29) is 12.1 Å². The summed E-state index contributed by atoms with van der Waals surface area (Å²) in [5.41, 5.74) is 0.681. The molecule has 0 aliphatic rings. The van der Waals surface area contributed by atoms with E-state index in [0.29, 0.717) is 23.8 Å². The van der Waals surface area contributed by atoms with Gasteiger partial charge in [-0.1, -0.05) is 11.6 Å². The van der Waals surface area contributed by atoms with Crippen LogP contribution < -0.4 is 10.6 Å². The Morgan fingerprint density at radius 3 is 2.76 bits per heavy atom. The van der Waals surface area contributed by atoms with Gasteiger partial charge in [0.25, 0.3) is 0 Å². The number of hydrogen-bond donors (Lipinski definition) is 2. The summed E-state index contributed by atoms with van der Waals surface area (Å²) in [6.07, 6.45) is 7.55. The SMILES string of the molecule is CC(C)n1cc(NC(=O)NCCCn2cc(Cl)cn2)cn1. The first-order valence-corrected chi connectivity index (χ1v) is 7.19. The molecule has 7 nitrogen and oxygen atoms in total. The molecule has 0 spiro atoms. The Morgan fingerprint density at radius 1 is 1.33 bits per heavy atom. The molecule has 8 heteroatoms. The highest BCUT2D eigenvalue weighted by atomic mass is 35.5. The lowest BCUT2D eigenvalue weighted by atomic mass is 10.4. The first-order chi connectivity index (χ1) is 10.0. The number of urea groups is 1. The third-order valence-electron chi connectivity index (χ3n) is 2.84. The number of hydrogen-bond acceptors (Lipinski definition) is 3. The zero-order valence-electron chi connectivity index (χ0n) is 12.1. The van der Waals surface area contributed by atoms with Gasteiger partial charge in [-0.2, -0.15) is 10.2 Å². The van der Waals surface area contributed by atoms with Gasteiger partial charge < -0.3 is 10.6 Å². The molecular weight excluding hydrogens is 292 g/mol. The zero-order valence-corrected chi connectivity index (χ0v) is 12.8. The Balaban J connectivity index is 1.67. The lowest BCUT2D eigenvalue weighted by Crippen LogP contribution is -2.29. The molecule has 0 bridgehead atoms. The Bertz CT molecular complexity index is 591. The zero-order chi connectivity index (χ0) is 15.2. The van der Waals surface area contributed by atoms with E-state index in [1.165, 1.54) is 0 Å². The van der Waals surface area contributed by atoms with E-state index in [1.807, 2.05) is 13.8 Å². The topological polar surface area (TPSA) is 76.8 Å². The standard InChI is InChI=1S/C13H19ClN6O/c1-10(2)20-9-12(7-17-20)18-13(21)15-4-3-5-19-8-11(14)6-16-19/h6-10H,3-5H2,1-2H3,(H2,15,18,21). The highest BCUT2D eigenvalue weighted by molar-refractivity contribution is 6.30. The first kappa shape index (κ1) is 15.4. The maximum atomic E-state index is 11.7. The van der Waals surface area contributed by atoms with E-state index < -0.39 is 0 Å². The van der Waals surface area contributed by atoms with Crippen LogP contribution in [0.5, 0.6) is 0 Å². The van der Waals surface area contributed by atoms with Crippen molar-refractivity contribution in [3.05, 3.63) is 29.8 Å². The summed E-state index contributed by atoms with van der Waals surface area (Å²) < 4.78 is 3.53. The minimum atomic E-state index is -0.239. The molecule has 0 atom stereocenters. The molecule has 0 aliphatic carbocycles. The van der Waals surface area contributed by atoms with Crippen LogP contribution in [0.2, 0.25) is 5.02 Å². The number of anilines is 1. The lowest BCUT2D eigenvalue weighted by Gasteiger charge is -2.06. The molecule has 2 aromatic rings. The van der Waals surface area contributed by atoms with Gasteiger partial charge in [0.2, 0.25) is 0 Å². The summed E-state index contributed by atoms with van der Waals surface area (Å²) in [6.45, 7) is 5.32. The molecule has 2 aromatic heterocycles. The Labute approximate surface area is 128 Å². The molecule has 0 aliphatic heterocycles. The van der Waals surface area contributed by atoms with Crippen molar-refractivity contribution in [3.8, 4) is 0 Å². The van der Waals surface area contributed by atoms with E-state index in [9.17, 15) is 4.79 Å². The summed E-state index contributed by atoms with van der Waals surface area (Å²) in [5, 5.41) is 14.4. The maximum absolute atomic E-state index is 11.7. The number of amides is 2. The molecule has 0 aromatic carbocycles. The summed E-state index contributed by atoms with van der Waals surface area (Å²) >= 11 is 5.77. The van der Waals surface area contributed by atoms with Crippen LogP contribution in [0.1, 0.15) is 26.3 Å². The van der Waals surface area contributed by atoms with Crippen LogP contribution in [0.25, 0.3) is 0 Å². The fourth-order valence-electron chi connectivity index (χ4n) is 1.76. The Morgan fingerprint density at radius 2 is 2.14 bits per heavy atom. The predicted molar refractivity (Wildman–Crippen MR) is 81.5 cm³/mol. The Kier molecular flexibility index (Phi) is 5.21. The van der Waals surface area contributed by atoms with E-state index in [0.717, 1.165) is 6.42 Å². The van der Waals surface area contributed by atoms with E-state index >= 15 is 0 Å². The summed E-state index contributed by atoms with van der Waals surface area (Å²) in [7, 11) is 0. The molecule has 0 saturated heterocycles. The van der Waals surface area contributed by atoms with E-state index in [1.54, 1.807) is 34.2 Å². The molecule has 2 rings (SSSR count). The summed E-state index contributed by atoms with van der Waals surface area (Å²) in [6, 6.07) is 0.0290. The van der Waals surface area contributed by atoms with Gasteiger partial charge in [0.15, 0.2) is 0 Å². The number of carbonyl (C=O) groups excluding carboxylic acids is 1. The Hall–Kier alpha value is -2.02. The van der Waals surface area contributed by atoms with E-state index in [2.05, 4.69) is 20.8 Å². The molecule has 0 unspecified atom stereocenters. The van der Waals surface area contributed by atoms with Crippen LogP contribution in [0.4, 0.5) is 10.5 Å². The highest BCUT2D eigenvalue weighted by Crippen LogP contribution is 2.09. The monoisotopic (exact) mass is 310 g/mol. The molecular formula is C13H19ClN6O. The van der Waals surface area contributed by atoms with Crippen molar-refractivity contribution in [1.29, 1.82) is 0 Å². The van der Waals surface area contributed by atoms with Gasteiger partial charge in [-0.05, 0) is 20.3 Å². The van der Waals surface area contributed by atoms with Gasteiger partial charge in [-0.25, -0.2) is 4.79 Å². The minimum absolute atomic E-state index is 0.239. The number of nitrogens with zero attached hydrogens (tertiary/aromatic N) is 4. The lowest BCUT2D eigenvalue weighted by molar-refractivity contribution is 0.251. The van der Waals surface area contributed by atoms with E-state index in [4.69, 9.17) is 11.6 Å². The molecule has 0 saturated carbocycles. The molecule has 0 radical (unpaired) electrons. The average molecular weight is 311 g/mol. The first-order valence-electron chi connectivity index (χ1n) is 6.81. The van der Waals surface area contributed by atoms with Crippen LogP contribution in [-0.2, 0) is 6.54 Å². The van der Waals surface area contributed by atoms with Gasteiger partial charge in [-0.3, -0.25) is 9.36 Å². The normalized spacial score (nSPS) is 10.9. The molecule has 21 heavy (non-hydrogen) atoms. The van der Waals surface area contributed by atoms with Crippen LogP contribution in [0.15, 0.2) is 24.8 Å². The fourth-order valence-corrected chi connectivity index (χ4v) is 1.92. The molecule has 114 valence electrons. The van der Waals surface area contributed by atoms with Crippen LogP contribution >= 0.6 is 11.6 Å². The largest absolute Gasteiger partial charge is 0.338 e. The number of nitrogens with one attached hydrogen (secondary N) is 2. The van der Waals surface area contributed by atoms with Gasteiger partial charge in [0.1, 0.15) is 0 Å². The molecule has 2 heterocycles. The predicted octanol–water partition coefficient (Wildman–Crippen LogP) is 2.53. The van der Waals surface area contributed by atoms with Crippen LogP contribution in [0.3, 0.4) is 0 Å². The quantitative estimate of drug-likeness (QED) is 0.805. The highest BCUT2D eigenvalue weighted by Gasteiger charge is 2.05. The van der Waals surface area contributed by atoms with Crippen LogP contribution in [-0.4, -0.2) is 32.1 Å². The number of aromatic nitrogens is 4. The van der Waals surface area contributed by atoms with Crippen molar-refractivity contribution >= 4 is 23.3 Å². The van der Waals surface area contributed by atoms with Crippen molar-refractivity contribution in [2.75, 3.05) is 11.9 Å². The van der Waals surface area contributed by atoms with Gasteiger partial charge in [0, 0.05) is 31.5 Å². The van der Waals surface area contributed by atoms with Crippen molar-refractivity contribution in [2.24, 2.45) is 0 Å². The minimum Gasteiger partial charge on any atom is -0.338 e. The average Bonchev–Trinajstić information content (AvgIpc) is 3.04. The number of rotatable bonds is 6. The molecule has 2 N–H and O–H groups in total. The van der Waals surface area contributed by atoms with Crippen LogP contribution in [0, 0.1) is 0 Å². The third kappa shape index (κ3) is 4.78. The second-order valence-electron chi connectivity index (χ2n) is 4.96. The summed E-state index contributed by atoms with van der Waals surface area (Å²) in [4.78, 5) is 11.7. The second kappa shape index (κ2) is 7.12. The van der Waals surface area contributed by atoms with Gasteiger partial charge >= 0.3 is 6.03 Å². The molecule has 2 amide bonds. The van der Waals surface area contributed by atoms with Gasteiger partial charge in [0.05, 0.1) is 23.1 Å². The smallest absolute Gasteiger partial charge is 0.319 e. The summed E-state index contributed by atoms with van der Waals surface area (Å²) in [5.74, 6) is 0. The number of carbonyl (C=O) groups is 1. The van der Waals surface area contributed by atoms with Crippen molar-refractivity contribution < 1.29 is 4.79 Å². The fraction of sp³-hybridized carbons (Fsp3) is 0.462. The van der Waals surface area contributed by atoms with Crippen molar-refractivity contribution in [1.82, 2.24) is 24.9 Å².